The average molecular weight is 497 g/mol. The van der Waals surface area contributed by atoms with Gasteiger partial charge in [-0.3, -0.25) is 0 Å². The molecular formula is C32H68N2O. The van der Waals surface area contributed by atoms with Crippen LogP contribution in [0.25, 0.3) is 0 Å². The van der Waals surface area contributed by atoms with E-state index >= 15 is 0 Å². The van der Waals surface area contributed by atoms with Crippen LogP contribution in [0, 0.1) is 0 Å². The largest absolute Gasteiger partial charge is 0.376 e. The predicted octanol–water partition coefficient (Wildman–Crippen LogP) is 9.84. The van der Waals surface area contributed by atoms with E-state index in [1.165, 1.54) is 141 Å². The van der Waals surface area contributed by atoms with E-state index in [0.29, 0.717) is 6.54 Å². The molecule has 0 aromatic carbocycles. The molecule has 0 saturated heterocycles. The molecule has 212 valence electrons. The summed E-state index contributed by atoms with van der Waals surface area (Å²) in [6, 6.07) is 0. The van der Waals surface area contributed by atoms with E-state index < -0.39 is 0 Å². The van der Waals surface area contributed by atoms with Gasteiger partial charge < -0.3 is 16.2 Å². The third kappa shape index (κ3) is 21.7. The predicted molar refractivity (Wildman–Crippen MR) is 158 cm³/mol. The van der Waals surface area contributed by atoms with Gasteiger partial charge in [0.1, 0.15) is 0 Å². The highest BCUT2D eigenvalue weighted by molar-refractivity contribution is 4.92. The topological polar surface area (TPSA) is 61.3 Å². The molecule has 2 unspecified atom stereocenters. The van der Waals surface area contributed by atoms with E-state index in [9.17, 15) is 0 Å². The third-order valence-electron chi connectivity index (χ3n) is 7.93. The van der Waals surface area contributed by atoms with Crippen LogP contribution in [0.1, 0.15) is 181 Å². The molecule has 0 saturated carbocycles. The summed E-state index contributed by atoms with van der Waals surface area (Å²) >= 11 is 0. The average Bonchev–Trinajstić information content (AvgIpc) is 2.85. The van der Waals surface area contributed by atoms with Gasteiger partial charge >= 0.3 is 0 Å². The summed E-state index contributed by atoms with van der Waals surface area (Å²) in [7, 11) is 0. The zero-order chi connectivity index (χ0) is 25.9. The van der Waals surface area contributed by atoms with E-state index in [1.807, 2.05) is 0 Å². The molecule has 0 aliphatic rings. The molecule has 0 fully saturated rings. The molecule has 3 heteroatoms. The second-order valence-electron chi connectivity index (χ2n) is 11.4. The van der Waals surface area contributed by atoms with E-state index in [4.69, 9.17) is 16.2 Å². The highest BCUT2D eigenvalue weighted by Gasteiger charge is 2.33. The number of unbranched alkanes of at least 4 members (excludes halogenated alkanes) is 20. The maximum absolute atomic E-state index is 6.91. The maximum atomic E-state index is 6.91. The Balaban J connectivity index is 3.87. The molecule has 0 aliphatic carbocycles. The van der Waals surface area contributed by atoms with Crippen molar-refractivity contribution < 1.29 is 4.74 Å². The van der Waals surface area contributed by atoms with Crippen LogP contribution in [0.4, 0.5) is 0 Å². The third-order valence-corrected chi connectivity index (χ3v) is 7.93. The van der Waals surface area contributed by atoms with Gasteiger partial charge in [-0.1, -0.05) is 156 Å². The van der Waals surface area contributed by atoms with Gasteiger partial charge in [0.2, 0.25) is 0 Å². The van der Waals surface area contributed by atoms with Crippen molar-refractivity contribution in [2.45, 2.75) is 193 Å². The zero-order valence-corrected chi connectivity index (χ0v) is 24.7. The first-order valence-corrected chi connectivity index (χ1v) is 16.2. The number of ether oxygens (including phenoxy) is 1. The molecule has 4 N–H and O–H groups in total. The van der Waals surface area contributed by atoms with Crippen LogP contribution in [-0.4, -0.2) is 24.8 Å². The summed E-state index contributed by atoms with van der Waals surface area (Å²) in [4.78, 5) is 0. The van der Waals surface area contributed by atoms with Gasteiger partial charge in [0.05, 0.1) is 6.10 Å². The minimum absolute atomic E-state index is 0.150. The van der Waals surface area contributed by atoms with Crippen LogP contribution in [-0.2, 0) is 4.74 Å². The first-order valence-electron chi connectivity index (χ1n) is 16.2. The first-order chi connectivity index (χ1) is 17.1. The molecule has 0 radical (unpaired) electrons. The van der Waals surface area contributed by atoms with E-state index in [2.05, 4.69) is 20.8 Å². The highest BCUT2D eigenvalue weighted by Crippen LogP contribution is 2.26. The van der Waals surface area contributed by atoms with Crippen molar-refractivity contribution in [2.24, 2.45) is 11.5 Å². The SMILES string of the molecule is CCCCCCCCCCCCCCOC(CC)C(N)(CCN)CCCCCCCCCCCC. The Kier molecular flexibility index (Phi) is 26.8. The van der Waals surface area contributed by atoms with Crippen LogP contribution in [0.15, 0.2) is 0 Å². The fraction of sp³-hybridized carbons (Fsp3) is 1.00. The normalized spacial score (nSPS) is 14.3. The fourth-order valence-electron chi connectivity index (χ4n) is 5.52. The maximum Gasteiger partial charge on any atom is 0.0752 e. The quantitative estimate of drug-likeness (QED) is 0.101. The Morgan fingerprint density at radius 1 is 0.514 bits per heavy atom. The standard InChI is InChI=1S/C32H68N2O/c1-4-7-9-11-13-15-17-18-20-22-24-26-30-35-31(6-3)32(34,28-29-33)27-25-23-21-19-16-14-12-10-8-5-2/h31H,4-30,33-34H2,1-3H3. The molecule has 0 aromatic heterocycles. The van der Waals surface area contributed by atoms with Gasteiger partial charge in [-0.25, -0.2) is 0 Å². The molecule has 0 amide bonds. The molecule has 35 heavy (non-hydrogen) atoms. The lowest BCUT2D eigenvalue weighted by Crippen LogP contribution is -2.53. The van der Waals surface area contributed by atoms with Gasteiger partial charge in [0.15, 0.2) is 0 Å². The van der Waals surface area contributed by atoms with Crippen LogP contribution < -0.4 is 11.5 Å². The Morgan fingerprint density at radius 3 is 1.26 bits per heavy atom. The number of nitrogens with two attached hydrogens (primary N) is 2. The second-order valence-corrected chi connectivity index (χ2v) is 11.4. The molecule has 0 aromatic rings. The molecule has 0 aliphatic heterocycles. The lowest BCUT2D eigenvalue weighted by atomic mass is 9.82. The summed E-state index contributed by atoms with van der Waals surface area (Å²) in [5.74, 6) is 0. The second kappa shape index (κ2) is 26.9. The Labute approximate surface area is 222 Å². The van der Waals surface area contributed by atoms with E-state index in [-0.39, 0.29) is 11.6 Å². The van der Waals surface area contributed by atoms with Gasteiger partial charge in [-0.15, -0.1) is 0 Å². The lowest BCUT2D eigenvalue weighted by Gasteiger charge is -2.37. The molecule has 3 nitrogen and oxygen atoms in total. The van der Waals surface area contributed by atoms with Crippen LogP contribution in [0.2, 0.25) is 0 Å². The van der Waals surface area contributed by atoms with E-state index in [0.717, 1.165) is 25.9 Å². The first kappa shape index (κ1) is 34.9. The zero-order valence-electron chi connectivity index (χ0n) is 24.7. The lowest BCUT2D eigenvalue weighted by molar-refractivity contribution is -0.0120. The van der Waals surface area contributed by atoms with Gasteiger partial charge in [0, 0.05) is 12.1 Å². The smallest absolute Gasteiger partial charge is 0.0752 e. The van der Waals surface area contributed by atoms with Crippen LogP contribution in [0.5, 0.6) is 0 Å². The van der Waals surface area contributed by atoms with Crippen molar-refractivity contribution >= 4 is 0 Å². The number of hydrogen-bond acceptors (Lipinski definition) is 3. The summed E-state index contributed by atoms with van der Waals surface area (Å²) in [5, 5.41) is 0. The van der Waals surface area contributed by atoms with Crippen molar-refractivity contribution in [3.05, 3.63) is 0 Å². The number of hydrogen-bond donors (Lipinski definition) is 2. The van der Waals surface area contributed by atoms with Gasteiger partial charge in [-0.05, 0) is 32.2 Å². The molecule has 0 spiro atoms. The van der Waals surface area contributed by atoms with Gasteiger partial charge in [0.25, 0.3) is 0 Å². The Morgan fingerprint density at radius 2 is 0.886 bits per heavy atom. The fourth-order valence-corrected chi connectivity index (χ4v) is 5.52. The highest BCUT2D eigenvalue weighted by atomic mass is 16.5. The minimum Gasteiger partial charge on any atom is -0.376 e. The molecule has 0 rings (SSSR count). The van der Waals surface area contributed by atoms with Crippen molar-refractivity contribution in [1.29, 1.82) is 0 Å². The molecule has 0 heterocycles. The molecular weight excluding hydrogens is 428 g/mol. The van der Waals surface area contributed by atoms with Crippen molar-refractivity contribution in [3.63, 3.8) is 0 Å². The number of rotatable bonds is 29. The molecule has 2 atom stereocenters. The molecule has 0 bridgehead atoms. The van der Waals surface area contributed by atoms with Crippen LogP contribution >= 0.6 is 0 Å². The van der Waals surface area contributed by atoms with Crippen molar-refractivity contribution in [3.8, 4) is 0 Å². The van der Waals surface area contributed by atoms with Crippen molar-refractivity contribution in [1.82, 2.24) is 0 Å². The summed E-state index contributed by atoms with van der Waals surface area (Å²) in [6.07, 6.45) is 33.3. The summed E-state index contributed by atoms with van der Waals surface area (Å²) in [5.41, 5.74) is 12.6. The summed E-state index contributed by atoms with van der Waals surface area (Å²) in [6.45, 7) is 8.32. The minimum atomic E-state index is -0.249. The van der Waals surface area contributed by atoms with E-state index in [1.54, 1.807) is 0 Å². The Bertz CT molecular complexity index is 403. The Hall–Kier alpha value is -0.120. The van der Waals surface area contributed by atoms with Gasteiger partial charge in [-0.2, -0.15) is 0 Å². The monoisotopic (exact) mass is 497 g/mol. The van der Waals surface area contributed by atoms with Crippen molar-refractivity contribution in [2.75, 3.05) is 13.2 Å². The van der Waals surface area contributed by atoms with Crippen LogP contribution in [0.3, 0.4) is 0 Å². The summed E-state index contributed by atoms with van der Waals surface area (Å²) < 4.78 is 6.36.